The van der Waals surface area contributed by atoms with Gasteiger partial charge in [0.05, 0.1) is 38.7 Å². The second-order valence-electron chi connectivity index (χ2n) is 6.08. The van der Waals surface area contributed by atoms with E-state index in [1.165, 1.54) is 7.11 Å². The van der Waals surface area contributed by atoms with Crippen LogP contribution in [0.1, 0.15) is 19.3 Å². The summed E-state index contributed by atoms with van der Waals surface area (Å²) in [7, 11) is 1.37. The van der Waals surface area contributed by atoms with Crippen molar-refractivity contribution < 1.29 is 24.1 Å². The molecule has 1 saturated heterocycles. The molecule has 1 aliphatic carbocycles. The minimum Gasteiger partial charge on any atom is -0.479 e. The Morgan fingerprint density at radius 3 is 2.78 bits per heavy atom. The molecule has 1 aromatic heterocycles. The van der Waals surface area contributed by atoms with Gasteiger partial charge in [-0.05, 0) is 12.8 Å². The number of aromatic nitrogens is 2. The second-order valence-corrected chi connectivity index (χ2v) is 6.08. The highest BCUT2D eigenvalue weighted by molar-refractivity contribution is 5.34. The van der Waals surface area contributed by atoms with Crippen molar-refractivity contribution in [2.24, 2.45) is 5.41 Å². The summed E-state index contributed by atoms with van der Waals surface area (Å²) in [6, 6.07) is 0. The third-order valence-electron chi connectivity index (χ3n) is 5.02. The third-order valence-corrected chi connectivity index (χ3v) is 5.02. The summed E-state index contributed by atoms with van der Waals surface area (Å²) in [4.78, 5) is 10.1. The molecule has 128 valence electrons. The Morgan fingerprint density at radius 2 is 2.17 bits per heavy atom. The van der Waals surface area contributed by atoms with Crippen LogP contribution in [0.15, 0.2) is 6.20 Å². The van der Waals surface area contributed by atoms with Crippen LogP contribution in [0.3, 0.4) is 0 Å². The number of hydrogen-bond acceptors (Lipinski definition) is 7. The molecule has 2 heterocycles. The number of rotatable bonds is 5. The van der Waals surface area contributed by atoms with Crippen molar-refractivity contribution in [3.63, 3.8) is 0 Å². The van der Waals surface area contributed by atoms with Crippen LogP contribution in [-0.2, 0) is 4.74 Å². The Morgan fingerprint density at radius 1 is 1.43 bits per heavy atom. The van der Waals surface area contributed by atoms with Crippen molar-refractivity contribution in [1.29, 1.82) is 0 Å². The number of aliphatic hydroxyl groups is 2. The molecule has 0 bridgehead atoms. The molecule has 3 rings (SSSR count). The number of aliphatic hydroxyl groups excluding tert-OH is 2. The van der Waals surface area contributed by atoms with E-state index in [4.69, 9.17) is 14.6 Å². The lowest BCUT2D eigenvalue weighted by Crippen LogP contribution is -2.62. The van der Waals surface area contributed by atoms with Crippen molar-refractivity contribution in [1.82, 2.24) is 9.97 Å². The van der Waals surface area contributed by atoms with E-state index < -0.39 is 5.82 Å². The van der Waals surface area contributed by atoms with Crippen LogP contribution in [-0.4, -0.2) is 65.8 Å². The molecule has 2 atom stereocenters. The molecular weight excluding hydrogens is 305 g/mol. The van der Waals surface area contributed by atoms with Gasteiger partial charge < -0.3 is 24.6 Å². The number of piperidine rings is 1. The Balaban J connectivity index is 1.66. The maximum atomic E-state index is 13.4. The SMILES string of the molecule is COc1nc(N2CCC3(CC2)[C@H](O)C[C@@H]3OCCO)ncc1F. The number of halogens is 1. The van der Waals surface area contributed by atoms with E-state index >= 15 is 0 Å². The predicted molar refractivity (Wildman–Crippen MR) is 79.9 cm³/mol. The monoisotopic (exact) mass is 327 g/mol. The Kier molecular flexibility index (Phi) is 4.65. The number of methoxy groups -OCH3 is 1. The largest absolute Gasteiger partial charge is 0.479 e. The summed E-state index contributed by atoms with van der Waals surface area (Å²) in [6.45, 7) is 1.59. The molecule has 8 heteroatoms. The van der Waals surface area contributed by atoms with E-state index in [1.807, 2.05) is 4.90 Å². The molecular formula is C15H22FN3O4. The Labute approximate surface area is 134 Å². The predicted octanol–water partition coefficient (Wildman–Crippen LogP) is 0.353. The minimum absolute atomic E-state index is 0.0159. The van der Waals surface area contributed by atoms with E-state index in [0.717, 1.165) is 19.0 Å². The molecule has 2 aliphatic rings. The maximum absolute atomic E-state index is 13.4. The first-order chi connectivity index (χ1) is 11.1. The first kappa shape index (κ1) is 16.4. The van der Waals surface area contributed by atoms with Gasteiger partial charge in [0.25, 0.3) is 5.88 Å². The van der Waals surface area contributed by atoms with Crippen LogP contribution in [0.5, 0.6) is 5.88 Å². The zero-order valence-corrected chi connectivity index (χ0v) is 13.1. The van der Waals surface area contributed by atoms with Crippen molar-refractivity contribution >= 4 is 5.95 Å². The molecule has 1 spiro atoms. The highest BCUT2D eigenvalue weighted by Gasteiger charge is 2.56. The topological polar surface area (TPSA) is 87.9 Å². The quantitative estimate of drug-likeness (QED) is 0.807. The van der Waals surface area contributed by atoms with Gasteiger partial charge in [0, 0.05) is 24.9 Å². The van der Waals surface area contributed by atoms with Gasteiger partial charge in [-0.1, -0.05) is 0 Å². The fourth-order valence-electron chi connectivity index (χ4n) is 3.57. The smallest absolute Gasteiger partial charge is 0.255 e. The van der Waals surface area contributed by atoms with E-state index in [-0.39, 0.29) is 30.1 Å². The van der Waals surface area contributed by atoms with Gasteiger partial charge in [-0.2, -0.15) is 9.37 Å². The van der Waals surface area contributed by atoms with Crippen molar-refractivity contribution in [3.05, 3.63) is 12.0 Å². The van der Waals surface area contributed by atoms with Gasteiger partial charge in [0.15, 0.2) is 0 Å². The molecule has 1 aromatic rings. The minimum atomic E-state index is -0.586. The number of anilines is 1. The van der Waals surface area contributed by atoms with Crippen molar-refractivity contribution in [2.45, 2.75) is 31.5 Å². The number of nitrogens with zero attached hydrogens (tertiary/aromatic N) is 3. The van der Waals surface area contributed by atoms with E-state index in [1.54, 1.807) is 0 Å². The Hall–Kier alpha value is -1.51. The zero-order chi connectivity index (χ0) is 16.4. The lowest BCUT2D eigenvalue weighted by Gasteiger charge is -2.56. The highest BCUT2D eigenvalue weighted by Crippen LogP contribution is 2.51. The maximum Gasteiger partial charge on any atom is 0.255 e. The number of ether oxygens (including phenoxy) is 2. The summed E-state index contributed by atoms with van der Waals surface area (Å²) in [5, 5.41) is 19.1. The van der Waals surface area contributed by atoms with Crippen molar-refractivity contribution in [2.75, 3.05) is 38.3 Å². The van der Waals surface area contributed by atoms with Crippen LogP contribution in [0.25, 0.3) is 0 Å². The molecule has 2 N–H and O–H groups in total. The average molecular weight is 327 g/mol. The summed E-state index contributed by atoms with van der Waals surface area (Å²) >= 11 is 0. The molecule has 1 saturated carbocycles. The lowest BCUT2D eigenvalue weighted by molar-refractivity contribution is -0.203. The first-order valence-corrected chi connectivity index (χ1v) is 7.82. The summed E-state index contributed by atoms with van der Waals surface area (Å²) < 4.78 is 24.0. The van der Waals surface area contributed by atoms with E-state index in [0.29, 0.717) is 32.1 Å². The molecule has 0 unspecified atom stereocenters. The fourth-order valence-corrected chi connectivity index (χ4v) is 3.57. The standard InChI is InChI=1S/C15H22FN3O4/c1-22-13-10(16)9-17-14(18-13)19-4-2-15(3-5-19)11(21)8-12(15)23-7-6-20/h9,11-12,20-21H,2-8H2,1H3/t11-,12+/m1/s1. The molecule has 0 radical (unpaired) electrons. The molecule has 0 amide bonds. The van der Waals surface area contributed by atoms with Crippen molar-refractivity contribution in [3.8, 4) is 5.88 Å². The van der Waals surface area contributed by atoms with Crippen LogP contribution in [0, 0.1) is 11.2 Å². The molecule has 7 nitrogen and oxygen atoms in total. The third kappa shape index (κ3) is 2.86. The number of hydrogen-bond donors (Lipinski definition) is 2. The molecule has 1 aliphatic heterocycles. The van der Waals surface area contributed by atoms with Crippen LogP contribution in [0.2, 0.25) is 0 Å². The van der Waals surface area contributed by atoms with Gasteiger partial charge in [-0.25, -0.2) is 4.98 Å². The highest BCUT2D eigenvalue weighted by atomic mass is 19.1. The van der Waals surface area contributed by atoms with Crippen LogP contribution >= 0.6 is 0 Å². The molecule has 2 fully saturated rings. The van der Waals surface area contributed by atoms with Gasteiger partial charge in [0.1, 0.15) is 0 Å². The Bertz CT molecular complexity index is 552. The second kappa shape index (κ2) is 6.54. The normalized spacial score (nSPS) is 26.2. The van der Waals surface area contributed by atoms with Gasteiger partial charge in [0.2, 0.25) is 11.8 Å². The van der Waals surface area contributed by atoms with Gasteiger partial charge >= 0.3 is 0 Å². The van der Waals surface area contributed by atoms with Crippen LogP contribution in [0.4, 0.5) is 10.3 Å². The zero-order valence-electron chi connectivity index (χ0n) is 13.1. The average Bonchev–Trinajstić information content (AvgIpc) is 2.59. The summed E-state index contributed by atoms with van der Waals surface area (Å²) in [6.07, 6.45) is 2.81. The molecule has 23 heavy (non-hydrogen) atoms. The first-order valence-electron chi connectivity index (χ1n) is 7.82. The van der Waals surface area contributed by atoms with Gasteiger partial charge in [-0.15, -0.1) is 0 Å². The van der Waals surface area contributed by atoms with E-state index in [2.05, 4.69) is 9.97 Å². The summed E-state index contributed by atoms with van der Waals surface area (Å²) in [5.41, 5.74) is -0.254. The van der Waals surface area contributed by atoms with E-state index in [9.17, 15) is 9.50 Å². The lowest BCUT2D eigenvalue weighted by atomic mass is 9.58. The molecule has 0 aromatic carbocycles. The summed E-state index contributed by atoms with van der Waals surface area (Å²) in [5.74, 6) is -0.223. The fraction of sp³-hybridized carbons (Fsp3) is 0.733. The van der Waals surface area contributed by atoms with Gasteiger partial charge in [-0.3, -0.25) is 0 Å². The van der Waals surface area contributed by atoms with Crippen LogP contribution < -0.4 is 9.64 Å².